The average molecular weight is 304 g/mol. The Morgan fingerprint density at radius 3 is 2.77 bits per heavy atom. The zero-order valence-electron chi connectivity index (χ0n) is 14.6. The number of aliphatic hydroxyl groups is 2. The first-order chi connectivity index (χ1) is 10.2. The summed E-state index contributed by atoms with van der Waals surface area (Å²) >= 11 is 0. The van der Waals surface area contributed by atoms with Gasteiger partial charge in [0.25, 0.3) is 0 Å². The summed E-state index contributed by atoms with van der Waals surface area (Å²) in [5.74, 6) is 0.440. The quantitative estimate of drug-likeness (QED) is 0.756. The van der Waals surface area contributed by atoms with E-state index in [9.17, 15) is 10.2 Å². The molecule has 0 unspecified atom stereocenters. The van der Waals surface area contributed by atoms with Crippen molar-refractivity contribution in [1.29, 1.82) is 0 Å². The molecule has 0 aromatic carbocycles. The van der Waals surface area contributed by atoms with Gasteiger partial charge in [-0.2, -0.15) is 0 Å². The molecule has 2 aliphatic carbocycles. The van der Waals surface area contributed by atoms with E-state index in [1.54, 1.807) is 0 Å². The molecule has 0 saturated heterocycles. The van der Waals surface area contributed by atoms with Crippen molar-refractivity contribution in [1.82, 2.24) is 0 Å². The Hall–Kier alpha value is -0.860. The fourth-order valence-electron chi connectivity index (χ4n) is 4.31. The van der Waals surface area contributed by atoms with Crippen molar-refractivity contribution >= 4 is 0 Å². The van der Waals surface area contributed by atoms with Gasteiger partial charge in [0.1, 0.15) is 0 Å². The highest BCUT2D eigenvalue weighted by Gasteiger charge is 2.46. The molecule has 2 nitrogen and oxygen atoms in total. The van der Waals surface area contributed by atoms with E-state index in [-0.39, 0.29) is 11.8 Å². The Balaban J connectivity index is 2.17. The second-order valence-electron chi connectivity index (χ2n) is 7.79. The molecule has 0 aliphatic heterocycles. The minimum atomic E-state index is -0.830. The zero-order chi connectivity index (χ0) is 16.5. The molecule has 0 heterocycles. The highest BCUT2D eigenvalue weighted by Crippen LogP contribution is 2.48. The van der Waals surface area contributed by atoms with Crippen LogP contribution in [0.1, 0.15) is 59.8 Å². The molecule has 1 fully saturated rings. The van der Waals surface area contributed by atoms with Crippen molar-refractivity contribution in [3.8, 4) is 0 Å². The molecule has 1 saturated carbocycles. The summed E-state index contributed by atoms with van der Waals surface area (Å²) < 4.78 is 0. The second-order valence-corrected chi connectivity index (χ2v) is 7.79. The van der Waals surface area contributed by atoms with Crippen LogP contribution in [0.2, 0.25) is 0 Å². The van der Waals surface area contributed by atoms with Gasteiger partial charge < -0.3 is 10.2 Å². The van der Waals surface area contributed by atoms with Gasteiger partial charge in [0, 0.05) is 11.8 Å². The van der Waals surface area contributed by atoms with Crippen LogP contribution in [0.15, 0.2) is 35.5 Å². The van der Waals surface area contributed by atoms with E-state index in [1.165, 1.54) is 16.7 Å². The Labute approximate surface area is 135 Å². The van der Waals surface area contributed by atoms with Crippen LogP contribution < -0.4 is 0 Å². The molecule has 0 spiro atoms. The first kappa shape index (κ1) is 17.5. The van der Waals surface area contributed by atoms with E-state index >= 15 is 0 Å². The lowest BCUT2D eigenvalue weighted by atomic mass is 9.74. The van der Waals surface area contributed by atoms with Crippen molar-refractivity contribution in [2.45, 2.75) is 71.5 Å². The van der Waals surface area contributed by atoms with Gasteiger partial charge >= 0.3 is 0 Å². The molecule has 0 bridgehead atoms. The highest BCUT2D eigenvalue weighted by atomic mass is 16.3. The maximum Gasteiger partial charge on any atom is 0.0675 e. The molecule has 22 heavy (non-hydrogen) atoms. The number of rotatable bonds is 4. The number of hydrogen-bond donors (Lipinski definition) is 2. The monoisotopic (exact) mass is 304 g/mol. The third-order valence-electron chi connectivity index (χ3n) is 5.74. The van der Waals surface area contributed by atoms with E-state index < -0.39 is 11.7 Å². The van der Waals surface area contributed by atoms with Crippen LogP contribution in [0.25, 0.3) is 0 Å². The van der Waals surface area contributed by atoms with E-state index in [1.807, 2.05) is 6.92 Å². The summed E-state index contributed by atoms with van der Waals surface area (Å²) in [5, 5.41) is 22.0. The lowest BCUT2D eigenvalue weighted by Gasteiger charge is -2.38. The zero-order valence-corrected chi connectivity index (χ0v) is 14.6. The second kappa shape index (κ2) is 6.72. The molecular weight excluding hydrogens is 272 g/mol. The third-order valence-corrected chi connectivity index (χ3v) is 5.74. The van der Waals surface area contributed by atoms with E-state index in [0.717, 1.165) is 25.7 Å². The van der Waals surface area contributed by atoms with Crippen LogP contribution in [0.3, 0.4) is 0 Å². The predicted molar refractivity (Wildman–Crippen MR) is 92.5 cm³/mol. The van der Waals surface area contributed by atoms with Crippen LogP contribution in [-0.2, 0) is 0 Å². The number of allylic oxidation sites excluding steroid dienone is 4. The van der Waals surface area contributed by atoms with Gasteiger partial charge in [-0.1, -0.05) is 35.5 Å². The Morgan fingerprint density at radius 2 is 2.14 bits per heavy atom. The van der Waals surface area contributed by atoms with Gasteiger partial charge in [0.2, 0.25) is 0 Å². The van der Waals surface area contributed by atoms with Crippen LogP contribution in [0.5, 0.6) is 0 Å². The molecule has 124 valence electrons. The van der Waals surface area contributed by atoms with Gasteiger partial charge in [-0.25, -0.2) is 0 Å². The fourth-order valence-corrected chi connectivity index (χ4v) is 4.31. The molecule has 5 atom stereocenters. The predicted octanol–water partition coefficient (Wildman–Crippen LogP) is 4.39. The standard InChI is InChI=1S/C20H32O2/c1-13(2)7-6-12-20(5,22)17-11-9-14(3)16-10-8-15(4)18(16)19(17)21/h7-8,16-19,21-22H,3,6,9-12H2,1-2,4-5H3/t16-,17+,18+,19+,20+/m0/s1. The molecule has 0 amide bonds. The summed E-state index contributed by atoms with van der Waals surface area (Å²) in [5.41, 5.74) is 2.97. The molecule has 2 N–H and O–H groups in total. The topological polar surface area (TPSA) is 40.5 Å². The normalized spacial score (nSPS) is 34.5. The van der Waals surface area contributed by atoms with Crippen molar-refractivity contribution < 1.29 is 10.2 Å². The minimum Gasteiger partial charge on any atom is -0.392 e. The maximum atomic E-state index is 11.0. The van der Waals surface area contributed by atoms with Crippen LogP contribution in [0, 0.1) is 17.8 Å². The van der Waals surface area contributed by atoms with Crippen molar-refractivity contribution in [3.63, 3.8) is 0 Å². The van der Waals surface area contributed by atoms with E-state index in [0.29, 0.717) is 12.3 Å². The van der Waals surface area contributed by atoms with Crippen LogP contribution >= 0.6 is 0 Å². The van der Waals surface area contributed by atoms with Crippen molar-refractivity contribution in [2.24, 2.45) is 17.8 Å². The Kier molecular flexibility index (Phi) is 5.34. The van der Waals surface area contributed by atoms with Gasteiger partial charge in [0.05, 0.1) is 11.7 Å². The summed E-state index contributed by atoms with van der Waals surface area (Å²) in [7, 11) is 0. The van der Waals surface area contributed by atoms with E-state index in [4.69, 9.17) is 0 Å². The Morgan fingerprint density at radius 1 is 1.45 bits per heavy atom. The summed E-state index contributed by atoms with van der Waals surface area (Å²) in [6, 6.07) is 0. The highest BCUT2D eigenvalue weighted by molar-refractivity contribution is 5.25. The molecule has 0 radical (unpaired) electrons. The lowest BCUT2D eigenvalue weighted by Crippen LogP contribution is -2.45. The summed E-state index contributed by atoms with van der Waals surface area (Å²) in [6.45, 7) is 12.4. The molecule has 0 aromatic heterocycles. The minimum absolute atomic E-state index is 0.0775. The van der Waals surface area contributed by atoms with Crippen molar-refractivity contribution in [2.75, 3.05) is 0 Å². The fraction of sp³-hybridized carbons (Fsp3) is 0.700. The van der Waals surface area contributed by atoms with Gasteiger partial charge in [-0.3, -0.25) is 0 Å². The van der Waals surface area contributed by atoms with Gasteiger partial charge in [-0.15, -0.1) is 0 Å². The lowest BCUT2D eigenvalue weighted by molar-refractivity contribution is -0.0793. The summed E-state index contributed by atoms with van der Waals surface area (Å²) in [6.07, 6.45) is 8.26. The van der Waals surface area contributed by atoms with Crippen LogP contribution in [0.4, 0.5) is 0 Å². The SMILES string of the molecule is C=C1CC[C@@H]([C@](C)(O)CCC=C(C)C)[C@@H](O)[C@@H]2C(C)=CC[C@@H]12. The molecule has 2 rings (SSSR count). The van der Waals surface area contributed by atoms with Crippen molar-refractivity contribution in [3.05, 3.63) is 35.5 Å². The molecule has 0 aromatic rings. The molecular formula is C20H32O2. The molecule has 2 heteroatoms. The molecule has 2 aliphatic rings. The number of fused-ring (bicyclic) bond motifs is 1. The largest absolute Gasteiger partial charge is 0.392 e. The smallest absolute Gasteiger partial charge is 0.0675 e. The number of hydrogen-bond acceptors (Lipinski definition) is 2. The summed E-state index contributed by atoms with van der Waals surface area (Å²) in [4.78, 5) is 0. The first-order valence-electron chi connectivity index (χ1n) is 8.62. The van der Waals surface area contributed by atoms with Crippen LogP contribution in [-0.4, -0.2) is 21.9 Å². The first-order valence-corrected chi connectivity index (χ1v) is 8.62. The average Bonchev–Trinajstić information content (AvgIpc) is 2.73. The maximum absolute atomic E-state index is 11.0. The number of aliphatic hydroxyl groups excluding tert-OH is 1. The van der Waals surface area contributed by atoms with Gasteiger partial charge in [0.15, 0.2) is 0 Å². The van der Waals surface area contributed by atoms with E-state index in [2.05, 4.69) is 39.5 Å². The third kappa shape index (κ3) is 3.55. The Bertz CT molecular complexity index is 480. The van der Waals surface area contributed by atoms with Gasteiger partial charge in [-0.05, 0) is 65.7 Å².